The molecule has 0 aromatic heterocycles. The fraction of sp³-hybridized carbons (Fsp3) is 0.778. The minimum Gasteiger partial charge on any atom is -0.382 e. The molecule has 2 atom stereocenters. The van der Waals surface area contributed by atoms with Gasteiger partial charge < -0.3 is 10.1 Å². The fourth-order valence-corrected chi connectivity index (χ4v) is 1.46. The molecule has 3 heteroatoms. The molecule has 70 valence electrons. The van der Waals surface area contributed by atoms with Crippen molar-refractivity contribution in [2.75, 3.05) is 20.8 Å². The number of hydrogen-bond acceptors (Lipinski definition) is 2. The molecule has 1 N–H and O–H groups in total. The first-order chi connectivity index (χ1) is 5.60. The molecule has 0 bridgehead atoms. The lowest BCUT2D eigenvalue weighted by Gasteiger charge is -2.31. The van der Waals surface area contributed by atoms with Gasteiger partial charge in [0.1, 0.15) is 7.85 Å². The van der Waals surface area contributed by atoms with Crippen LogP contribution in [0.5, 0.6) is 0 Å². The minimum absolute atomic E-state index is 0.0527. The van der Waals surface area contributed by atoms with Gasteiger partial charge in [0, 0.05) is 7.11 Å². The lowest BCUT2D eigenvalue weighted by Crippen LogP contribution is -2.45. The van der Waals surface area contributed by atoms with Gasteiger partial charge in [0.2, 0.25) is 0 Å². The van der Waals surface area contributed by atoms with Gasteiger partial charge >= 0.3 is 0 Å². The third-order valence-electron chi connectivity index (χ3n) is 2.06. The third kappa shape index (κ3) is 3.41. The van der Waals surface area contributed by atoms with E-state index in [2.05, 4.69) is 26.7 Å². The van der Waals surface area contributed by atoms with Crippen molar-refractivity contribution >= 4 is 7.85 Å². The number of likely N-dealkylation sites (N-methyl/N-ethyl adjacent to an activating group) is 1. The summed E-state index contributed by atoms with van der Waals surface area (Å²) < 4.78 is 5.16. The second-order valence-electron chi connectivity index (χ2n) is 3.64. The van der Waals surface area contributed by atoms with Crippen molar-refractivity contribution < 1.29 is 4.74 Å². The normalized spacial score (nSPS) is 18.2. The monoisotopic (exact) mass is 169 g/mol. The maximum absolute atomic E-state index is 5.16. The van der Waals surface area contributed by atoms with E-state index in [0.29, 0.717) is 12.4 Å². The molecule has 0 amide bonds. The van der Waals surface area contributed by atoms with E-state index >= 15 is 0 Å². The van der Waals surface area contributed by atoms with Gasteiger partial charge in [-0.3, -0.25) is 0 Å². The first kappa shape index (κ1) is 11.7. The predicted octanol–water partition coefficient (Wildman–Crippen LogP) is 0.609. The zero-order valence-corrected chi connectivity index (χ0v) is 8.68. The summed E-state index contributed by atoms with van der Waals surface area (Å²) in [5.41, 5.74) is -0.0527. The van der Waals surface area contributed by atoms with Gasteiger partial charge in [-0.25, -0.2) is 0 Å². The number of ether oxygens (including phenoxy) is 1. The Balaban J connectivity index is 4.23. The Morgan fingerprint density at radius 1 is 1.75 bits per heavy atom. The SMILES string of the molecule is BC(C)CC(C=C)(COC)NC. The number of nitrogens with one attached hydrogen (secondary N) is 1. The van der Waals surface area contributed by atoms with E-state index in [1.807, 2.05) is 13.1 Å². The van der Waals surface area contributed by atoms with E-state index in [9.17, 15) is 0 Å². The van der Waals surface area contributed by atoms with Crippen molar-refractivity contribution in [3.05, 3.63) is 12.7 Å². The molecule has 0 saturated carbocycles. The van der Waals surface area contributed by atoms with Crippen LogP contribution in [0.2, 0.25) is 5.82 Å². The first-order valence-corrected chi connectivity index (χ1v) is 4.41. The Morgan fingerprint density at radius 2 is 2.33 bits per heavy atom. The average Bonchev–Trinajstić information content (AvgIpc) is 2.03. The number of rotatable bonds is 6. The zero-order valence-electron chi connectivity index (χ0n) is 8.68. The first-order valence-electron chi connectivity index (χ1n) is 4.41. The summed E-state index contributed by atoms with van der Waals surface area (Å²) in [7, 11) is 5.87. The molecule has 0 spiro atoms. The number of hydrogen-bond donors (Lipinski definition) is 1. The van der Waals surface area contributed by atoms with Gasteiger partial charge in [-0.1, -0.05) is 18.8 Å². The molecule has 0 fully saturated rings. The van der Waals surface area contributed by atoms with E-state index < -0.39 is 0 Å². The summed E-state index contributed by atoms with van der Waals surface area (Å²) in [5.74, 6) is 0.644. The summed E-state index contributed by atoms with van der Waals surface area (Å²) in [5, 5.41) is 3.25. The molecule has 0 rings (SSSR count). The molecule has 0 heterocycles. The maximum Gasteiger partial charge on any atom is 0.105 e. The number of methoxy groups -OCH3 is 1. The largest absolute Gasteiger partial charge is 0.382 e. The van der Waals surface area contributed by atoms with Gasteiger partial charge in [0.25, 0.3) is 0 Å². The summed E-state index contributed by atoms with van der Waals surface area (Å²) in [6, 6.07) is 0. The summed E-state index contributed by atoms with van der Waals surface area (Å²) in [6.07, 6.45) is 3.00. The molecule has 0 aliphatic heterocycles. The van der Waals surface area contributed by atoms with Crippen molar-refractivity contribution in [2.45, 2.75) is 24.7 Å². The second kappa shape index (κ2) is 5.38. The highest BCUT2D eigenvalue weighted by Gasteiger charge is 2.24. The Labute approximate surface area is 76.8 Å². The lowest BCUT2D eigenvalue weighted by molar-refractivity contribution is 0.133. The molecule has 2 nitrogen and oxygen atoms in total. The topological polar surface area (TPSA) is 21.3 Å². The highest BCUT2D eigenvalue weighted by molar-refractivity contribution is 6.11. The Kier molecular flexibility index (Phi) is 5.26. The molecule has 0 aliphatic rings. The van der Waals surface area contributed by atoms with Crippen LogP contribution in [0.3, 0.4) is 0 Å². The van der Waals surface area contributed by atoms with Crippen LogP contribution in [0.15, 0.2) is 12.7 Å². The van der Waals surface area contributed by atoms with Crippen LogP contribution in [0, 0.1) is 0 Å². The summed E-state index contributed by atoms with van der Waals surface area (Å²) in [4.78, 5) is 0. The van der Waals surface area contributed by atoms with E-state index in [-0.39, 0.29) is 5.54 Å². The molecule has 0 radical (unpaired) electrons. The van der Waals surface area contributed by atoms with Crippen molar-refractivity contribution in [3.8, 4) is 0 Å². The highest BCUT2D eigenvalue weighted by atomic mass is 16.5. The molecule has 0 aromatic carbocycles. The third-order valence-corrected chi connectivity index (χ3v) is 2.06. The van der Waals surface area contributed by atoms with Crippen molar-refractivity contribution in [3.63, 3.8) is 0 Å². The van der Waals surface area contributed by atoms with Crippen molar-refractivity contribution in [1.82, 2.24) is 5.32 Å². The van der Waals surface area contributed by atoms with E-state index in [1.54, 1.807) is 7.11 Å². The Morgan fingerprint density at radius 3 is 2.58 bits per heavy atom. The van der Waals surface area contributed by atoms with Gasteiger partial charge in [-0.15, -0.1) is 6.58 Å². The van der Waals surface area contributed by atoms with Crippen LogP contribution < -0.4 is 5.32 Å². The van der Waals surface area contributed by atoms with E-state index in [4.69, 9.17) is 4.74 Å². The molecule has 0 saturated heterocycles. The van der Waals surface area contributed by atoms with Crippen LogP contribution in [0.1, 0.15) is 13.3 Å². The Bertz CT molecular complexity index is 138. The lowest BCUT2D eigenvalue weighted by atomic mass is 9.78. The zero-order chi connectivity index (χ0) is 9.61. The van der Waals surface area contributed by atoms with Crippen molar-refractivity contribution in [1.29, 1.82) is 0 Å². The smallest absolute Gasteiger partial charge is 0.105 e. The molecule has 0 aromatic rings. The minimum atomic E-state index is -0.0527. The van der Waals surface area contributed by atoms with Crippen LogP contribution in [-0.2, 0) is 4.74 Å². The van der Waals surface area contributed by atoms with Crippen molar-refractivity contribution in [2.24, 2.45) is 0 Å². The van der Waals surface area contributed by atoms with Gasteiger partial charge in [0.05, 0.1) is 12.1 Å². The molecular weight excluding hydrogens is 149 g/mol. The van der Waals surface area contributed by atoms with Crippen LogP contribution in [0.25, 0.3) is 0 Å². The predicted molar refractivity (Wildman–Crippen MR) is 56.4 cm³/mol. The van der Waals surface area contributed by atoms with E-state index in [0.717, 1.165) is 6.42 Å². The van der Waals surface area contributed by atoms with Crippen LogP contribution in [-0.4, -0.2) is 34.1 Å². The highest BCUT2D eigenvalue weighted by Crippen LogP contribution is 2.19. The molecule has 0 aliphatic carbocycles. The van der Waals surface area contributed by atoms with Gasteiger partial charge in [-0.05, 0) is 13.5 Å². The fourth-order valence-electron chi connectivity index (χ4n) is 1.46. The molecular formula is C9H20BNO. The average molecular weight is 169 g/mol. The van der Waals surface area contributed by atoms with Gasteiger partial charge in [-0.2, -0.15) is 0 Å². The molecule has 12 heavy (non-hydrogen) atoms. The molecule has 2 unspecified atom stereocenters. The summed E-state index contributed by atoms with van der Waals surface area (Å²) in [6.45, 7) is 6.72. The van der Waals surface area contributed by atoms with E-state index in [1.165, 1.54) is 0 Å². The Hall–Kier alpha value is -0.275. The standard InChI is InChI=1S/C9H20BNO/c1-5-9(11-3,7-12-4)6-8(2)10/h5,8,11H,1,6-7,10H2,2-4H3. The van der Waals surface area contributed by atoms with Crippen LogP contribution >= 0.6 is 0 Å². The van der Waals surface area contributed by atoms with Crippen LogP contribution in [0.4, 0.5) is 0 Å². The quantitative estimate of drug-likeness (QED) is 0.464. The summed E-state index contributed by atoms with van der Waals surface area (Å²) >= 11 is 0. The maximum atomic E-state index is 5.16. The second-order valence-corrected chi connectivity index (χ2v) is 3.64. The van der Waals surface area contributed by atoms with Gasteiger partial charge in [0.15, 0.2) is 0 Å².